The third-order valence-electron chi connectivity index (χ3n) is 2.11. The molecule has 0 amide bonds. The first-order valence-electron chi connectivity index (χ1n) is 5.31. The summed E-state index contributed by atoms with van der Waals surface area (Å²) in [6, 6.07) is 15.3. The van der Waals surface area contributed by atoms with Crippen molar-refractivity contribution in [3.63, 3.8) is 0 Å². The van der Waals surface area contributed by atoms with Crippen molar-refractivity contribution in [2.75, 3.05) is 0 Å². The molecule has 0 heterocycles. The van der Waals surface area contributed by atoms with E-state index < -0.39 is 20.1 Å². The van der Waals surface area contributed by atoms with Crippen molar-refractivity contribution in [1.82, 2.24) is 0 Å². The van der Waals surface area contributed by atoms with E-state index in [0.29, 0.717) is 0 Å². The summed E-state index contributed by atoms with van der Waals surface area (Å²) >= 11 is 0. The van der Waals surface area contributed by atoms with E-state index in [1.807, 2.05) is 0 Å². The minimum atomic E-state index is -4.00. The van der Waals surface area contributed by atoms with Gasteiger partial charge in [-0.25, -0.2) is 13.6 Å². The lowest BCUT2D eigenvalue weighted by Gasteiger charge is -1.93. The van der Waals surface area contributed by atoms with Crippen molar-refractivity contribution < 1.29 is 21.4 Å². The molecular formula is C12H13NO5S2. The lowest BCUT2D eigenvalue weighted by Crippen LogP contribution is -2.11. The van der Waals surface area contributed by atoms with Gasteiger partial charge in [-0.15, -0.1) is 0 Å². The van der Waals surface area contributed by atoms with Crippen molar-refractivity contribution in [1.29, 1.82) is 0 Å². The predicted molar refractivity (Wildman–Crippen MR) is 74.1 cm³/mol. The molecule has 8 heteroatoms. The maximum atomic E-state index is 10.6. The Bertz CT molecular complexity index is 673. The van der Waals surface area contributed by atoms with E-state index in [1.165, 1.54) is 24.3 Å². The highest BCUT2D eigenvalue weighted by Gasteiger charge is 2.05. The molecule has 0 aliphatic carbocycles. The van der Waals surface area contributed by atoms with E-state index in [1.54, 1.807) is 36.4 Å². The molecule has 108 valence electrons. The van der Waals surface area contributed by atoms with E-state index >= 15 is 0 Å². The molecular weight excluding hydrogens is 302 g/mol. The number of sulfonamides is 1. The van der Waals surface area contributed by atoms with Crippen molar-refractivity contribution >= 4 is 20.1 Å². The topological polar surface area (TPSA) is 115 Å². The maximum absolute atomic E-state index is 10.6. The molecule has 2 rings (SSSR count). The average molecular weight is 315 g/mol. The van der Waals surface area contributed by atoms with E-state index in [9.17, 15) is 16.8 Å². The first kappa shape index (κ1) is 16.3. The van der Waals surface area contributed by atoms with Crippen molar-refractivity contribution in [2.45, 2.75) is 9.79 Å². The van der Waals surface area contributed by atoms with Gasteiger partial charge in [0.15, 0.2) is 0 Å². The fraction of sp³-hybridized carbons (Fsp3) is 0. The summed E-state index contributed by atoms with van der Waals surface area (Å²) in [5.41, 5.74) is 0. The normalized spacial score (nSPS) is 11.3. The summed E-state index contributed by atoms with van der Waals surface area (Å²) in [6.07, 6.45) is 0. The van der Waals surface area contributed by atoms with Crippen LogP contribution in [0.1, 0.15) is 0 Å². The van der Waals surface area contributed by atoms with Gasteiger partial charge in [-0.2, -0.15) is 8.42 Å². The summed E-state index contributed by atoms with van der Waals surface area (Å²) in [4.78, 5) is 0.0741. The molecule has 0 saturated heterocycles. The van der Waals surface area contributed by atoms with Gasteiger partial charge in [0.25, 0.3) is 10.1 Å². The quantitative estimate of drug-likeness (QED) is 0.810. The van der Waals surface area contributed by atoms with Gasteiger partial charge in [0.1, 0.15) is 0 Å². The van der Waals surface area contributed by atoms with Crippen LogP contribution < -0.4 is 5.14 Å². The first-order chi connectivity index (χ1) is 9.21. The van der Waals surface area contributed by atoms with E-state index in [2.05, 4.69) is 0 Å². The monoisotopic (exact) mass is 315 g/mol. The minimum absolute atomic E-state index is 0.0741. The fourth-order valence-corrected chi connectivity index (χ4v) is 2.24. The van der Waals surface area contributed by atoms with Gasteiger partial charge < -0.3 is 0 Å². The van der Waals surface area contributed by atoms with Gasteiger partial charge in [0.05, 0.1) is 9.79 Å². The molecule has 0 saturated carbocycles. The zero-order valence-electron chi connectivity index (χ0n) is 10.2. The SMILES string of the molecule is NS(=O)(=O)c1ccccc1.O=S(=O)(O)c1ccccc1. The molecule has 0 aromatic heterocycles. The summed E-state index contributed by atoms with van der Waals surface area (Å²) in [5.74, 6) is 0. The second-order valence-electron chi connectivity index (χ2n) is 3.65. The molecule has 20 heavy (non-hydrogen) atoms. The van der Waals surface area contributed by atoms with Gasteiger partial charge >= 0.3 is 0 Å². The van der Waals surface area contributed by atoms with Crippen molar-refractivity contribution in [3.05, 3.63) is 60.7 Å². The summed E-state index contributed by atoms with van der Waals surface area (Å²) in [5, 5.41) is 4.83. The van der Waals surface area contributed by atoms with E-state index in [4.69, 9.17) is 9.69 Å². The largest absolute Gasteiger partial charge is 0.294 e. The van der Waals surface area contributed by atoms with Crippen LogP contribution in [0.5, 0.6) is 0 Å². The predicted octanol–water partition coefficient (Wildman–Crippen LogP) is 1.27. The molecule has 0 atom stereocenters. The van der Waals surface area contributed by atoms with Crippen LogP contribution in [0.4, 0.5) is 0 Å². The zero-order chi connectivity index (χ0) is 15.2. The van der Waals surface area contributed by atoms with E-state index in [0.717, 1.165) is 0 Å². The van der Waals surface area contributed by atoms with Crippen LogP contribution in [-0.2, 0) is 20.1 Å². The van der Waals surface area contributed by atoms with Crippen molar-refractivity contribution in [3.8, 4) is 0 Å². The molecule has 0 spiro atoms. The number of hydrogen-bond donors (Lipinski definition) is 2. The maximum Gasteiger partial charge on any atom is 0.294 e. The van der Waals surface area contributed by atoms with Crippen LogP contribution >= 0.6 is 0 Å². The van der Waals surface area contributed by atoms with Crippen LogP contribution in [0.3, 0.4) is 0 Å². The van der Waals surface area contributed by atoms with Gasteiger partial charge in [-0.1, -0.05) is 36.4 Å². The number of rotatable bonds is 2. The van der Waals surface area contributed by atoms with Gasteiger partial charge in [-0.3, -0.25) is 4.55 Å². The Morgan fingerprint density at radius 3 is 1.25 bits per heavy atom. The third kappa shape index (κ3) is 5.49. The van der Waals surface area contributed by atoms with Crippen LogP contribution in [0.25, 0.3) is 0 Å². The number of primary sulfonamides is 1. The smallest absolute Gasteiger partial charge is 0.282 e. The first-order valence-corrected chi connectivity index (χ1v) is 8.30. The lowest BCUT2D eigenvalue weighted by atomic mass is 10.4. The second-order valence-corrected chi connectivity index (χ2v) is 6.63. The zero-order valence-corrected chi connectivity index (χ0v) is 11.9. The standard InChI is InChI=1S/C6H7NO2S.C6H6O3S/c2*7-10(8,9)6-4-2-1-3-5-6/h1-5H,(H2,7,8,9);1-5H,(H,7,8,9). The summed E-state index contributed by atoms with van der Waals surface area (Å²) in [6.45, 7) is 0. The highest BCUT2D eigenvalue weighted by Crippen LogP contribution is 2.05. The average Bonchev–Trinajstić information content (AvgIpc) is 2.40. The Morgan fingerprint density at radius 1 is 0.700 bits per heavy atom. The number of hydrogen-bond acceptors (Lipinski definition) is 4. The molecule has 2 aromatic carbocycles. The highest BCUT2D eigenvalue weighted by atomic mass is 32.2. The Morgan fingerprint density at radius 2 is 1.05 bits per heavy atom. The number of benzene rings is 2. The van der Waals surface area contributed by atoms with Gasteiger partial charge in [0.2, 0.25) is 10.0 Å². The molecule has 0 radical (unpaired) electrons. The molecule has 3 N–H and O–H groups in total. The molecule has 2 aromatic rings. The van der Waals surface area contributed by atoms with Crippen LogP contribution in [-0.4, -0.2) is 21.4 Å². The molecule has 0 aliphatic rings. The lowest BCUT2D eigenvalue weighted by molar-refractivity contribution is 0.483. The number of nitrogens with two attached hydrogens (primary N) is 1. The fourth-order valence-electron chi connectivity index (χ4n) is 1.20. The molecule has 0 bridgehead atoms. The Balaban J connectivity index is 0.000000200. The van der Waals surface area contributed by atoms with E-state index in [-0.39, 0.29) is 9.79 Å². The molecule has 0 aliphatic heterocycles. The molecule has 0 unspecified atom stereocenters. The minimum Gasteiger partial charge on any atom is -0.282 e. The summed E-state index contributed by atoms with van der Waals surface area (Å²) < 4.78 is 50.5. The Hall–Kier alpha value is -1.74. The highest BCUT2D eigenvalue weighted by molar-refractivity contribution is 7.89. The Labute approximate surface area is 117 Å². The van der Waals surface area contributed by atoms with Crippen LogP contribution in [0.15, 0.2) is 70.5 Å². The molecule has 6 nitrogen and oxygen atoms in total. The molecule has 0 fully saturated rings. The van der Waals surface area contributed by atoms with Crippen LogP contribution in [0.2, 0.25) is 0 Å². The third-order valence-corrected chi connectivity index (χ3v) is 3.91. The Kier molecular flexibility index (Phi) is 5.40. The van der Waals surface area contributed by atoms with Gasteiger partial charge in [-0.05, 0) is 24.3 Å². The van der Waals surface area contributed by atoms with Crippen molar-refractivity contribution in [2.24, 2.45) is 5.14 Å². The second kappa shape index (κ2) is 6.62. The van der Waals surface area contributed by atoms with Gasteiger partial charge in [0, 0.05) is 0 Å². The summed E-state index contributed by atoms with van der Waals surface area (Å²) in [7, 11) is -7.51. The van der Waals surface area contributed by atoms with Crippen LogP contribution in [0, 0.1) is 0 Å².